The molecule has 0 spiro atoms. The van der Waals surface area contributed by atoms with Crippen molar-refractivity contribution in [3.8, 4) is 11.1 Å². The minimum absolute atomic E-state index is 0.0958. The number of carbonyl (C=O) groups is 2. The molecule has 1 heterocycles. The van der Waals surface area contributed by atoms with Gasteiger partial charge in [0.05, 0.1) is 23.0 Å². The summed E-state index contributed by atoms with van der Waals surface area (Å²) in [5.74, 6) is -0.179. The standard InChI is InChI=1S/C29H32ClN3O4/c1-33-15-13-23(14-16-33)37-29(36)32-27-18-20(7-10-24(27)22-5-3-2-4-6-22)9-12-28(35)31-26-11-8-21(19-34)17-25(26)30/h2-8,10-11,17-18,23,34H,9,12-16,19H2,1H3,(H,31,35)(H,32,36). The van der Waals surface area contributed by atoms with Gasteiger partial charge in [-0.3, -0.25) is 10.1 Å². The first-order valence-corrected chi connectivity index (χ1v) is 12.8. The van der Waals surface area contributed by atoms with Crippen molar-refractivity contribution in [3.05, 3.63) is 82.9 Å². The van der Waals surface area contributed by atoms with Crippen LogP contribution >= 0.6 is 11.6 Å². The summed E-state index contributed by atoms with van der Waals surface area (Å²) in [6.07, 6.45) is 1.78. The molecule has 8 heteroatoms. The van der Waals surface area contributed by atoms with Crippen LogP contribution in [0.2, 0.25) is 5.02 Å². The molecule has 1 aliphatic heterocycles. The van der Waals surface area contributed by atoms with Crippen LogP contribution < -0.4 is 10.6 Å². The van der Waals surface area contributed by atoms with E-state index in [2.05, 4.69) is 22.6 Å². The Morgan fingerprint density at radius 1 is 0.973 bits per heavy atom. The van der Waals surface area contributed by atoms with Crippen LogP contribution in [0.5, 0.6) is 0 Å². The van der Waals surface area contributed by atoms with Gasteiger partial charge in [0.2, 0.25) is 5.91 Å². The first-order chi connectivity index (χ1) is 17.9. The average Bonchev–Trinajstić information content (AvgIpc) is 2.90. The number of aryl methyl sites for hydroxylation is 1. The maximum atomic E-state index is 12.8. The fourth-order valence-electron chi connectivity index (χ4n) is 4.34. The smallest absolute Gasteiger partial charge is 0.411 e. The molecule has 0 saturated carbocycles. The molecule has 1 aliphatic rings. The summed E-state index contributed by atoms with van der Waals surface area (Å²) in [5.41, 5.74) is 4.58. The van der Waals surface area contributed by atoms with Gasteiger partial charge in [0.15, 0.2) is 0 Å². The average molecular weight is 522 g/mol. The van der Waals surface area contributed by atoms with Gasteiger partial charge in [-0.1, -0.05) is 60.1 Å². The number of piperidine rings is 1. The normalized spacial score (nSPS) is 14.2. The number of nitrogens with zero attached hydrogens (tertiary/aromatic N) is 1. The van der Waals surface area contributed by atoms with E-state index < -0.39 is 6.09 Å². The fourth-order valence-corrected chi connectivity index (χ4v) is 4.59. The predicted octanol–water partition coefficient (Wildman–Crippen LogP) is 5.71. The first kappa shape index (κ1) is 26.7. The molecule has 2 amide bonds. The highest BCUT2D eigenvalue weighted by molar-refractivity contribution is 6.33. The molecule has 0 bridgehead atoms. The van der Waals surface area contributed by atoms with Gasteiger partial charge >= 0.3 is 6.09 Å². The Hall–Kier alpha value is -3.39. The predicted molar refractivity (Wildman–Crippen MR) is 147 cm³/mol. The van der Waals surface area contributed by atoms with E-state index in [0.29, 0.717) is 28.4 Å². The van der Waals surface area contributed by atoms with Gasteiger partial charge in [0.1, 0.15) is 6.10 Å². The number of ether oxygens (including phenoxy) is 1. The number of halogens is 1. The summed E-state index contributed by atoms with van der Waals surface area (Å²) in [5, 5.41) is 15.4. The molecule has 37 heavy (non-hydrogen) atoms. The number of rotatable bonds is 8. The van der Waals surface area contributed by atoms with Crippen LogP contribution in [0, 0.1) is 0 Å². The monoisotopic (exact) mass is 521 g/mol. The number of hydrogen-bond acceptors (Lipinski definition) is 5. The molecule has 3 aromatic carbocycles. The second kappa shape index (κ2) is 12.7. The van der Waals surface area contributed by atoms with E-state index in [-0.39, 0.29) is 25.0 Å². The molecule has 1 fully saturated rings. The van der Waals surface area contributed by atoms with Crippen molar-refractivity contribution in [1.29, 1.82) is 0 Å². The Morgan fingerprint density at radius 3 is 2.41 bits per heavy atom. The van der Waals surface area contributed by atoms with E-state index in [1.807, 2.05) is 48.5 Å². The zero-order valence-electron chi connectivity index (χ0n) is 20.9. The Kier molecular flexibility index (Phi) is 9.17. The third-order valence-electron chi connectivity index (χ3n) is 6.48. The number of benzene rings is 3. The quantitative estimate of drug-likeness (QED) is 0.353. The van der Waals surface area contributed by atoms with Crippen LogP contribution in [0.25, 0.3) is 11.1 Å². The number of aliphatic hydroxyl groups is 1. The van der Waals surface area contributed by atoms with Crippen LogP contribution in [-0.2, 0) is 22.6 Å². The van der Waals surface area contributed by atoms with Crippen molar-refractivity contribution in [2.24, 2.45) is 0 Å². The van der Waals surface area contributed by atoms with Gasteiger partial charge in [0, 0.05) is 25.1 Å². The highest BCUT2D eigenvalue weighted by Gasteiger charge is 2.21. The second-order valence-electron chi connectivity index (χ2n) is 9.30. The number of nitrogens with one attached hydrogen (secondary N) is 2. The topological polar surface area (TPSA) is 90.9 Å². The second-order valence-corrected chi connectivity index (χ2v) is 9.71. The van der Waals surface area contributed by atoms with E-state index in [0.717, 1.165) is 42.6 Å². The number of aliphatic hydroxyl groups excluding tert-OH is 1. The lowest BCUT2D eigenvalue weighted by Crippen LogP contribution is -2.36. The highest BCUT2D eigenvalue weighted by atomic mass is 35.5. The number of anilines is 2. The SMILES string of the molecule is CN1CCC(OC(=O)Nc2cc(CCC(=O)Nc3ccc(CO)cc3Cl)ccc2-c2ccccc2)CC1. The molecular formula is C29H32ClN3O4. The third-order valence-corrected chi connectivity index (χ3v) is 6.79. The number of hydrogen-bond donors (Lipinski definition) is 3. The zero-order chi connectivity index (χ0) is 26.2. The molecular weight excluding hydrogens is 490 g/mol. The summed E-state index contributed by atoms with van der Waals surface area (Å²) in [6, 6.07) is 20.7. The van der Waals surface area contributed by atoms with Crippen molar-refractivity contribution in [2.45, 2.75) is 38.4 Å². The summed E-state index contributed by atoms with van der Waals surface area (Å²) < 4.78 is 5.70. The number of likely N-dealkylation sites (tertiary alicyclic amines) is 1. The summed E-state index contributed by atoms with van der Waals surface area (Å²) >= 11 is 6.21. The number of carbonyl (C=O) groups excluding carboxylic acids is 2. The van der Waals surface area contributed by atoms with Crippen molar-refractivity contribution < 1.29 is 19.4 Å². The van der Waals surface area contributed by atoms with Gasteiger partial charge in [-0.15, -0.1) is 0 Å². The molecule has 0 radical (unpaired) electrons. The molecule has 3 N–H and O–H groups in total. The van der Waals surface area contributed by atoms with Gasteiger partial charge in [-0.05, 0) is 61.2 Å². The van der Waals surface area contributed by atoms with Crippen LogP contribution in [-0.4, -0.2) is 48.2 Å². The van der Waals surface area contributed by atoms with Gasteiger partial charge in [-0.25, -0.2) is 4.79 Å². The summed E-state index contributed by atoms with van der Waals surface area (Å²) in [4.78, 5) is 27.6. The molecule has 4 rings (SSSR count). The van der Waals surface area contributed by atoms with Crippen LogP contribution in [0.1, 0.15) is 30.4 Å². The van der Waals surface area contributed by atoms with E-state index in [9.17, 15) is 14.7 Å². The Balaban J connectivity index is 1.43. The Morgan fingerprint density at radius 2 is 1.70 bits per heavy atom. The van der Waals surface area contributed by atoms with Crippen LogP contribution in [0.3, 0.4) is 0 Å². The van der Waals surface area contributed by atoms with E-state index in [1.54, 1.807) is 18.2 Å². The molecule has 0 atom stereocenters. The van der Waals surface area contributed by atoms with E-state index in [4.69, 9.17) is 16.3 Å². The maximum absolute atomic E-state index is 12.8. The lowest BCUT2D eigenvalue weighted by Gasteiger charge is -2.28. The van der Waals surface area contributed by atoms with Crippen molar-refractivity contribution in [1.82, 2.24) is 4.90 Å². The van der Waals surface area contributed by atoms with Crippen molar-refractivity contribution >= 4 is 35.0 Å². The van der Waals surface area contributed by atoms with Gasteiger partial charge in [-0.2, -0.15) is 0 Å². The third kappa shape index (κ3) is 7.55. The molecule has 0 unspecified atom stereocenters. The summed E-state index contributed by atoms with van der Waals surface area (Å²) in [7, 11) is 2.07. The van der Waals surface area contributed by atoms with Gasteiger partial charge in [0.25, 0.3) is 0 Å². The molecule has 1 saturated heterocycles. The zero-order valence-corrected chi connectivity index (χ0v) is 21.6. The minimum atomic E-state index is -0.470. The number of amides is 2. The summed E-state index contributed by atoms with van der Waals surface area (Å²) in [6.45, 7) is 1.69. The van der Waals surface area contributed by atoms with Gasteiger partial charge < -0.3 is 20.1 Å². The molecule has 0 aromatic heterocycles. The van der Waals surface area contributed by atoms with Crippen LogP contribution in [0.15, 0.2) is 66.7 Å². The van der Waals surface area contributed by atoms with Crippen LogP contribution in [0.4, 0.5) is 16.2 Å². The van der Waals surface area contributed by atoms with Crippen molar-refractivity contribution in [2.75, 3.05) is 30.8 Å². The van der Waals surface area contributed by atoms with Crippen molar-refractivity contribution in [3.63, 3.8) is 0 Å². The van der Waals surface area contributed by atoms with E-state index >= 15 is 0 Å². The van der Waals surface area contributed by atoms with E-state index in [1.165, 1.54) is 0 Å². The lowest BCUT2D eigenvalue weighted by molar-refractivity contribution is -0.116. The molecule has 0 aliphatic carbocycles. The highest BCUT2D eigenvalue weighted by Crippen LogP contribution is 2.30. The molecule has 7 nitrogen and oxygen atoms in total. The molecule has 194 valence electrons. The maximum Gasteiger partial charge on any atom is 0.411 e. The fraction of sp³-hybridized carbons (Fsp3) is 0.310. The first-order valence-electron chi connectivity index (χ1n) is 12.4. The minimum Gasteiger partial charge on any atom is -0.446 e. The Bertz CT molecular complexity index is 1230. The largest absolute Gasteiger partial charge is 0.446 e. The Labute approximate surface area is 222 Å². The molecule has 3 aromatic rings. The lowest BCUT2D eigenvalue weighted by atomic mass is 9.99.